The van der Waals surface area contributed by atoms with E-state index in [1.165, 1.54) is 24.1 Å². The van der Waals surface area contributed by atoms with Crippen LogP contribution in [0, 0.1) is 12.7 Å². The summed E-state index contributed by atoms with van der Waals surface area (Å²) in [5, 5.41) is 2.53. The molecular weight excluding hydrogens is 505 g/mol. The summed E-state index contributed by atoms with van der Waals surface area (Å²) < 4.78 is 35.2. The van der Waals surface area contributed by atoms with Gasteiger partial charge in [0.05, 0.1) is 18.2 Å². The van der Waals surface area contributed by atoms with Gasteiger partial charge in [-0.05, 0) is 55.0 Å². The van der Waals surface area contributed by atoms with Crippen LogP contribution in [-0.4, -0.2) is 55.3 Å². The summed E-state index contributed by atoms with van der Waals surface area (Å²) in [6, 6.07) is 12.4. The maximum absolute atomic E-state index is 13.5. The first-order chi connectivity index (χ1) is 17.8. The molecule has 0 spiro atoms. The van der Waals surface area contributed by atoms with Crippen LogP contribution in [-0.2, 0) is 22.6 Å². The molecule has 37 heavy (non-hydrogen) atoms. The molecule has 196 valence electrons. The molecular formula is C26H27ClFN3O6. The number of methoxy groups -OCH3 is 1. The molecule has 2 aromatic carbocycles. The lowest BCUT2D eigenvalue weighted by Crippen LogP contribution is -2.45. The van der Waals surface area contributed by atoms with Crippen LogP contribution in [0.2, 0.25) is 5.02 Å². The highest BCUT2D eigenvalue weighted by Crippen LogP contribution is 2.33. The Morgan fingerprint density at radius 2 is 1.86 bits per heavy atom. The molecule has 3 amide bonds. The number of aryl methyl sites for hydroxylation is 1. The maximum atomic E-state index is 13.5. The number of nitrogens with zero attached hydrogens (tertiary/aromatic N) is 2. The second kappa shape index (κ2) is 12.0. The fraction of sp³-hybridized carbons (Fsp3) is 0.308. The van der Waals surface area contributed by atoms with Gasteiger partial charge in [-0.1, -0.05) is 17.7 Å². The summed E-state index contributed by atoms with van der Waals surface area (Å²) in [5.41, 5.74) is 1.13. The predicted molar refractivity (Wildman–Crippen MR) is 134 cm³/mol. The zero-order chi connectivity index (χ0) is 26.4. The Balaban J connectivity index is 1.51. The highest BCUT2D eigenvalue weighted by molar-refractivity contribution is 6.31. The van der Waals surface area contributed by atoms with Crippen molar-refractivity contribution < 1.29 is 32.6 Å². The van der Waals surface area contributed by atoms with Crippen LogP contribution in [0.3, 0.4) is 0 Å². The number of urea groups is 1. The summed E-state index contributed by atoms with van der Waals surface area (Å²) in [5.74, 6) is 1.68. The van der Waals surface area contributed by atoms with Gasteiger partial charge in [0.2, 0.25) is 12.7 Å². The van der Waals surface area contributed by atoms with Crippen molar-refractivity contribution in [1.82, 2.24) is 9.80 Å². The molecule has 3 aromatic rings. The lowest BCUT2D eigenvalue weighted by atomic mass is 10.2. The first-order valence-electron chi connectivity index (χ1n) is 11.5. The smallest absolute Gasteiger partial charge is 0.322 e. The topological polar surface area (TPSA) is 93.5 Å². The molecule has 11 heteroatoms. The minimum atomic E-state index is -0.599. The van der Waals surface area contributed by atoms with E-state index in [2.05, 4.69) is 5.32 Å². The van der Waals surface area contributed by atoms with E-state index in [4.69, 9.17) is 30.2 Å². The van der Waals surface area contributed by atoms with E-state index in [1.54, 1.807) is 11.0 Å². The average molecular weight is 532 g/mol. The summed E-state index contributed by atoms with van der Waals surface area (Å²) in [6.45, 7) is 2.57. The van der Waals surface area contributed by atoms with Gasteiger partial charge in [0, 0.05) is 25.9 Å². The lowest BCUT2D eigenvalue weighted by Gasteiger charge is -2.27. The van der Waals surface area contributed by atoms with E-state index in [9.17, 15) is 14.0 Å². The molecule has 0 radical (unpaired) electrons. The largest absolute Gasteiger partial charge is 0.464 e. The molecule has 0 unspecified atom stereocenters. The first-order valence-corrected chi connectivity index (χ1v) is 11.9. The molecule has 1 aromatic heterocycles. The van der Waals surface area contributed by atoms with Gasteiger partial charge in [0.15, 0.2) is 11.5 Å². The van der Waals surface area contributed by atoms with Gasteiger partial charge in [0.25, 0.3) is 0 Å². The molecule has 0 aliphatic carbocycles. The van der Waals surface area contributed by atoms with E-state index in [-0.39, 0.29) is 50.5 Å². The number of hydrogen-bond acceptors (Lipinski definition) is 6. The number of nitrogens with one attached hydrogen (secondary N) is 1. The quantitative estimate of drug-likeness (QED) is 0.403. The third-order valence-corrected chi connectivity index (χ3v) is 5.95. The maximum Gasteiger partial charge on any atom is 0.322 e. The van der Waals surface area contributed by atoms with Gasteiger partial charge in [0.1, 0.15) is 23.9 Å². The Labute approximate surface area is 218 Å². The second-order valence-corrected chi connectivity index (χ2v) is 8.83. The number of anilines is 1. The molecule has 0 bridgehead atoms. The summed E-state index contributed by atoms with van der Waals surface area (Å²) in [4.78, 5) is 29.5. The Bertz CT molecular complexity index is 1270. The van der Waals surface area contributed by atoms with Crippen molar-refractivity contribution in [3.05, 3.63) is 76.5 Å². The van der Waals surface area contributed by atoms with Crippen molar-refractivity contribution in [3.8, 4) is 11.5 Å². The van der Waals surface area contributed by atoms with E-state index < -0.39 is 11.8 Å². The second-order valence-electron chi connectivity index (χ2n) is 8.42. The van der Waals surface area contributed by atoms with Crippen molar-refractivity contribution in [2.24, 2.45) is 0 Å². The van der Waals surface area contributed by atoms with Gasteiger partial charge < -0.3 is 33.7 Å². The zero-order valence-electron chi connectivity index (χ0n) is 20.5. The summed E-state index contributed by atoms with van der Waals surface area (Å²) >= 11 is 5.83. The summed E-state index contributed by atoms with van der Waals surface area (Å²) in [7, 11) is 1.50. The van der Waals surface area contributed by atoms with Gasteiger partial charge in [-0.25, -0.2) is 9.18 Å². The summed E-state index contributed by atoms with van der Waals surface area (Å²) in [6.07, 6.45) is 0. The number of halogens is 2. The fourth-order valence-corrected chi connectivity index (χ4v) is 3.92. The average Bonchev–Trinajstić information content (AvgIpc) is 3.51. The Morgan fingerprint density at radius 1 is 1.05 bits per heavy atom. The fourth-order valence-electron chi connectivity index (χ4n) is 3.74. The van der Waals surface area contributed by atoms with E-state index in [1.807, 2.05) is 31.2 Å². The van der Waals surface area contributed by atoms with E-state index >= 15 is 0 Å². The number of carbonyl (C=O) groups is 2. The van der Waals surface area contributed by atoms with Crippen molar-refractivity contribution in [2.75, 3.05) is 38.9 Å². The van der Waals surface area contributed by atoms with Crippen molar-refractivity contribution in [2.45, 2.75) is 20.0 Å². The van der Waals surface area contributed by atoms with E-state index in [0.717, 1.165) is 17.4 Å². The number of furan rings is 1. The highest BCUT2D eigenvalue weighted by Gasteiger charge is 2.24. The number of benzene rings is 2. The van der Waals surface area contributed by atoms with Crippen LogP contribution < -0.4 is 14.8 Å². The van der Waals surface area contributed by atoms with E-state index in [0.29, 0.717) is 22.9 Å². The highest BCUT2D eigenvalue weighted by atomic mass is 35.5. The van der Waals surface area contributed by atoms with Gasteiger partial charge >= 0.3 is 6.03 Å². The molecule has 1 aliphatic rings. The van der Waals surface area contributed by atoms with Crippen molar-refractivity contribution >= 4 is 29.2 Å². The normalized spacial score (nSPS) is 11.9. The first kappa shape index (κ1) is 26.3. The van der Waals surface area contributed by atoms with Gasteiger partial charge in [-0.2, -0.15) is 0 Å². The number of ether oxygens (including phenoxy) is 3. The Kier molecular flexibility index (Phi) is 8.52. The monoisotopic (exact) mass is 531 g/mol. The number of carbonyl (C=O) groups excluding carboxylic acids is 2. The molecule has 1 aliphatic heterocycles. The predicted octanol–water partition coefficient (Wildman–Crippen LogP) is 4.82. The Hall–Kier alpha value is -3.76. The third-order valence-electron chi connectivity index (χ3n) is 5.66. The lowest BCUT2D eigenvalue weighted by molar-refractivity contribution is -0.133. The molecule has 9 nitrogen and oxygen atoms in total. The molecule has 0 saturated heterocycles. The van der Waals surface area contributed by atoms with Crippen molar-refractivity contribution in [3.63, 3.8) is 0 Å². The Morgan fingerprint density at radius 3 is 2.59 bits per heavy atom. The van der Waals surface area contributed by atoms with Crippen molar-refractivity contribution in [1.29, 1.82) is 0 Å². The minimum absolute atomic E-state index is 0.124. The van der Waals surface area contributed by atoms with Gasteiger partial charge in [-0.15, -0.1) is 0 Å². The molecule has 4 rings (SSSR count). The van der Waals surface area contributed by atoms with Gasteiger partial charge in [-0.3, -0.25) is 4.79 Å². The van der Waals surface area contributed by atoms with Crippen LogP contribution in [0.25, 0.3) is 0 Å². The van der Waals surface area contributed by atoms with Crippen LogP contribution in [0.4, 0.5) is 14.9 Å². The van der Waals surface area contributed by atoms with Crippen LogP contribution in [0.5, 0.6) is 11.5 Å². The number of fused-ring (bicyclic) bond motifs is 1. The standard InChI is InChI=1S/C26H27ClFN3O6/c1-17-3-6-20(37-17)14-31(13-18-4-8-23-24(11-18)36-16-35-23)25(32)15-30(9-10-34-2)26(33)29-19-5-7-22(28)21(27)12-19/h3-8,11-12H,9-10,13-16H2,1-2H3,(H,29,33). The molecule has 0 fully saturated rings. The zero-order valence-corrected chi connectivity index (χ0v) is 21.2. The van der Waals surface area contributed by atoms with Crippen LogP contribution in [0.15, 0.2) is 52.9 Å². The number of rotatable bonds is 10. The van der Waals surface area contributed by atoms with Crippen LogP contribution >= 0.6 is 11.6 Å². The molecule has 0 saturated carbocycles. The molecule has 2 heterocycles. The minimum Gasteiger partial charge on any atom is -0.464 e. The number of hydrogen-bond donors (Lipinski definition) is 1. The van der Waals surface area contributed by atoms with Crippen LogP contribution in [0.1, 0.15) is 17.1 Å². The third kappa shape index (κ3) is 6.93. The molecule has 0 atom stereocenters. The molecule has 1 N–H and O–H groups in total. The SMILES string of the molecule is COCCN(CC(=O)N(Cc1ccc2c(c1)OCO2)Cc1ccc(C)o1)C(=O)Nc1ccc(F)c(Cl)c1. The number of amides is 3.